The van der Waals surface area contributed by atoms with E-state index >= 15 is 0 Å². The summed E-state index contributed by atoms with van der Waals surface area (Å²) in [7, 11) is 1.39. The molecule has 0 radical (unpaired) electrons. The van der Waals surface area contributed by atoms with E-state index in [2.05, 4.69) is 27.8 Å². The first-order valence-corrected chi connectivity index (χ1v) is 7.95. The molecule has 0 saturated carbocycles. The van der Waals surface area contributed by atoms with Gasteiger partial charge in [-0.25, -0.2) is 4.98 Å². The van der Waals surface area contributed by atoms with E-state index in [4.69, 9.17) is 1.12 Å². The van der Waals surface area contributed by atoms with Gasteiger partial charge in [-0.15, -0.1) is 11.6 Å². The molecular weight excluding hydrogens is 280 g/mol. The molecule has 2 N–H and O–H groups in total. The first-order chi connectivity index (χ1) is 9.77. The molecule has 1 aromatic heterocycles. The molecule has 19 heavy (non-hydrogen) atoms. The number of hydrogen-bond acceptors (Lipinski definition) is 6. The average Bonchev–Trinajstić information content (AvgIpc) is 2.48. The van der Waals surface area contributed by atoms with Crippen molar-refractivity contribution in [2.45, 2.75) is 19.8 Å². The Labute approximate surface area is 123 Å². The van der Waals surface area contributed by atoms with Crippen molar-refractivity contribution in [1.82, 2.24) is 10.3 Å². The van der Waals surface area contributed by atoms with Gasteiger partial charge in [0.05, 0.1) is 5.56 Å². The normalized spacial score (nSPS) is 11.3. The maximum atomic E-state index is 11.8. The van der Waals surface area contributed by atoms with Crippen LogP contribution in [0.4, 0.5) is 5.82 Å². The van der Waals surface area contributed by atoms with E-state index in [0.717, 1.165) is 24.4 Å². The van der Waals surface area contributed by atoms with Crippen LogP contribution < -0.4 is 10.7 Å². The van der Waals surface area contributed by atoms with Crippen molar-refractivity contribution in [1.29, 1.82) is 1.12 Å². The zero-order valence-electron chi connectivity index (χ0n) is 11.8. The van der Waals surface area contributed by atoms with Crippen LogP contribution in [0, 0.1) is 0 Å². The minimum atomic E-state index is -0.158. The second kappa shape index (κ2) is 9.69. The Hall–Kier alpha value is -1.21. The number of unbranched alkanes of at least 4 members (excludes halogenated alkanes) is 1. The minimum Gasteiger partial charge on any atom is -0.351 e. The molecular formula is C12H18N4OS2. The van der Waals surface area contributed by atoms with Crippen LogP contribution in [-0.4, -0.2) is 30.5 Å². The molecule has 0 spiro atoms. The van der Waals surface area contributed by atoms with E-state index in [9.17, 15) is 4.79 Å². The Balaban J connectivity index is 2.39. The van der Waals surface area contributed by atoms with E-state index in [1.54, 1.807) is 18.3 Å². The van der Waals surface area contributed by atoms with Crippen molar-refractivity contribution in [3.63, 3.8) is 0 Å². The summed E-state index contributed by atoms with van der Waals surface area (Å²) in [6.45, 7) is 2.62. The molecule has 7 heteroatoms. The Bertz CT molecular complexity index is 428. The molecule has 0 atom stereocenters. The monoisotopic (exact) mass is 300 g/mol. The first-order valence-electron chi connectivity index (χ1n) is 6.45. The third-order valence-electron chi connectivity index (χ3n) is 2.18. The molecule has 1 heterocycles. The number of anilines is 1. The van der Waals surface area contributed by atoms with Gasteiger partial charge in [0.2, 0.25) is 0 Å². The maximum Gasteiger partial charge on any atom is 0.252 e. The molecule has 0 aliphatic carbocycles. The molecule has 5 nitrogen and oxygen atoms in total. The zero-order chi connectivity index (χ0) is 14.6. The van der Waals surface area contributed by atoms with Gasteiger partial charge in [0.1, 0.15) is 6.94 Å². The molecule has 104 valence electrons. The minimum absolute atomic E-state index is 0.158. The fraction of sp³-hybridized carbons (Fsp3) is 0.417. The summed E-state index contributed by atoms with van der Waals surface area (Å²) < 4.78 is 6.90. The van der Waals surface area contributed by atoms with Crippen molar-refractivity contribution >= 4 is 40.3 Å². The number of nitrogens with zero attached hydrogens (tertiary/aromatic N) is 2. The Morgan fingerprint density at radius 2 is 2.58 bits per heavy atom. The number of thiol groups is 1. The lowest BCUT2D eigenvalue weighted by molar-refractivity contribution is 0.0956. The van der Waals surface area contributed by atoms with E-state index < -0.39 is 0 Å². The van der Waals surface area contributed by atoms with E-state index in [1.807, 2.05) is 0 Å². The summed E-state index contributed by atoms with van der Waals surface area (Å²) in [5.74, 6) is 1.16. The van der Waals surface area contributed by atoms with Crippen LogP contribution in [0.2, 0.25) is 0 Å². The number of hydrazone groups is 1. The van der Waals surface area contributed by atoms with Crippen molar-refractivity contribution in [3.05, 3.63) is 23.9 Å². The summed E-state index contributed by atoms with van der Waals surface area (Å²) in [6, 6.07) is 3.42. The topological polar surface area (TPSA) is 66.4 Å². The molecule has 1 aromatic rings. The fourth-order valence-electron chi connectivity index (χ4n) is 1.21. The zero-order valence-corrected chi connectivity index (χ0v) is 12.4. The number of amides is 1. The Morgan fingerprint density at radius 3 is 3.26 bits per heavy atom. The van der Waals surface area contributed by atoms with Gasteiger partial charge >= 0.3 is 0 Å². The highest BCUT2D eigenvalue weighted by Crippen LogP contribution is 2.06. The van der Waals surface area contributed by atoms with Gasteiger partial charge in [0, 0.05) is 24.7 Å². The highest BCUT2D eigenvalue weighted by Gasteiger charge is 2.04. The van der Waals surface area contributed by atoms with Crippen LogP contribution in [0.5, 0.6) is 0 Å². The van der Waals surface area contributed by atoms with Crippen molar-refractivity contribution < 1.29 is 4.79 Å². The molecule has 1 rings (SSSR count). The van der Waals surface area contributed by atoms with Gasteiger partial charge in [-0.3, -0.25) is 10.2 Å². The average molecular weight is 300 g/mol. The number of pyridine rings is 1. The molecule has 0 aromatic carbocycles. The molecule has 0 bridgehead atoms. The van der Waals surface area contributed by atoms with Crippen LogP contribution in [0.25, 0.3) is 0 Å². The van der Waals surface area contributed by atoms with Crippen LogP contribution in [-0.2, 0) is 0 Å². The molecule has 0 fully saturated rings. The van der Waals surface area contributed by atoms with Gasteiger partial charge in [0.25, 0.3) is 5.91 Å². The number of carbonyl (C=O) groups is 1. The number of rotatable bonds is 9. The summed E-state index contributed by atoms with van der Waals surface area (Å²) in [4.78, 5) is 15.9. The molecule has 0 aliphatic heterocycles. The number of carbonyl (C=O) groups excluding carboxylic acids is 1. The van der Waals surface area contributed by atoms with E-state index in [-0.39, 0.29) is 5.91 Å². The van der Waals surface area contributed by atoms with E-state index in [0.29, 0.717) is 23.7 Å². The smallest absolute Gasteiger partial charge is 0.252 e. The fourth-order valence-corrected chi connectivity index (χ4v) is 1.64. The van der Waals surface area contributed by atoms with Crippen LogP contribution in [0.1, 0.15) is 30.1 Å². The van der Waals surface area contributed by atoms with Crippen molar-refractivity contribution in [3.8, 4) is 0 Å². The SMILES string of the molecule is [3H]SSCCNC(=O)c1ccc(N/N=C/CCC)nc1. The lowest BCUT2D eigenvalue weighted by Gasteiger charge is -2.04. The third kappa shape index (κ3) is 6.49. The summed E-state index contributed by atoms with van der Waals surface area (Å²) >= 11 is 0.943. The number of nitrogens with one attached hydrogen (secondary N) is 2. The summed E-state index contributed by atoms with van der Waals surface area (Å²) in [5, 5.41) is 6.78. The van der Waals surface area contributed by atoms with E-state index in [1.165, 1.54) is 17.0 Å². The third-order valence-corrected chi connectivity index (χ3v) is 3.06. The molecule has 0 aliphatic rings. The lowest BCUT2D eigenvalue weighted by Crippen LogP contribution is -2.25. The highest BCUT2D eigenvalue weighted by atomic mass is 33.1. The highest BCUT2D eigenvalue weighted by molar-refractivity contribution is 8.68. The number of hydrogen-bond donors (Lipinski definition) is 3. The van der Waals surface area contributed by atoms with Gasteiger partial charge in [-0.05, 0) is 18.6 Å². The quantitative estimate of drug-likeness (QED) is 0.216. The summed E-state index contributed by atoms with van der Waals surface area (Å²) in [6.07, 6.45) is 5.28. The second-order valence-electron chi connectivity index (χ2n) is 3.72. The van der Waals surface area contributed by atoms with Crippen molar-refractivity contribution in [2.75, 3.05) is 17.7 Å². The van der Waals surface area contributed by atoms with Gasteiger partial charge in [-0.2, -0.15) is 5.10 Å². The largest absolute Gasteiger partial charge is 0.351 e. The maximum absolute atomic E-state index is 11.8. The van der Waals surface area contributed by atoms with Crippen LogP contribution >= 0.6 is 22.4 Å². The van der Waals surface area contributed by atoms with Gasteiger partial charge in [0.15, 0.2) is 0 Å². The first kappa shape index (κ1) is 14.2. The Kier molecular flexibility index (Phi) is 7.24. The van der Waals surface area contributed by atoms with Crippen LogP contribution in [0.15, 0.2) is 23.4 Å². The predicted molar refractivity (Wildman–Crippen MR) is 85.0 cm³/mol. The summed E-state index contributed by atoms with van der Waals surface area (Å²) in [5.41, 5.74) is 3.32. The molecule has 1 amide bonds. The Morgan fingerprint density at radius 1 is 1.68 bits per heavy atom. The van der Waals surface area contributed by atoms with Gasteiger partial charge < -0.3 is 5.32 Å². The lowest BCUT2D eigenvalue weighted by atomic mass is 10.2. The van der Waals surface area contributed by atoms with Gasteiger partial charge in [-0.1, -0.05) is 24.1 Å². The van der Waals surface area contributed by atoms with Crippen molar-refractivity contribution in [2.24, 2.45) is 5.10 Å². The second-order valence-corrected chi connectivity index (χ2v) is 5.07. The molecule has 0 unspecified atom stereocenters. The molecule has 0 saturated heterocycles. The van der Waals surface area contributed by atoms with Crippen LogP contribution in [0.3, 0.4) is 0 Å². The number of aromatic nitrogens is 1. The standard InChI is InChI=1S/C12H18N4OS2/c1-2-3-6-15-16-11-5-4-10(9-14-11)12(17)13-7-8-19-18/h4-6,9,18H,2-3,7-8H2,1H3,(H,13,17)(H,14,16)/b15-6+/i/hT. The predicted octanol–water partition coefficient (Wildman–Crippen LogP) is 2.59.